The molecule has 31 heavy (non-hydrogen) atoms. The molecule has 1 amide bonds. The number of benzene rings is 1. The number of aromatic nitrogens is 3. The molecule has 0 radical (unpaired) electrons. The standard InChI is InChI=1S/C22H23F3N4O2/c1-13(2)14-5-7-15(8-6-14)18-10-19(22(23,24)25)29-20(28-18)17(12-27-29)21(30)26-11-16-4-3-9-31-16/h5-8,10,12-13,16H,3-4,9,11H2,1-2H3,(H,26,30). The number of hydrogen-bond acceptors (Lipinski definition) is 4. The number of carbonyl (C=O) groups excluding carboxylic acids is 1. The van der Waals surface area contributed by atoms with Crippen molar-refractivity contribution in [3.05, 3.63) is 53.3 Å². The van der Waals surface area contributed by atoms with Crippen LogP contribution in [0.15, 0.2) is 36.5 Å². The van der Waals surface area contributed by atoms with Crippen molar-refractivity contribution in [2.75, 3.05) is 13.2 Å². The average Bonchev–Trinajstić information content (AvgIpc) is 3.40. The zero-order chi connectivity index (χ0) is 22.2. The molecular weight excluding hydrogens is 409 g/mol. The van der Waals surface area contributed by atoms with E-state index in [1.165, 1.54) is 0 Å². The Balaban J connectivity index is 1.73. The highest BCUT2D eigenvalue weighted by Gasteiger charge is 2.36. The second-order valence-electron chi connectivity index (χ2n) is 7.94. The Morgan fingerprint density at radius 1 is 1.29 bits per heavy atom. The summed E-state index contributed by atoms with van der Waals surface area (Å²) in [6.45, 7) is 5.01. The quantitative estimate of drug-likeness (QED) is 0.647. The first kappa shape index (κ1) is 21.3. The van der Waals surface area contributed by atoms with Gasteiger partial charge in [-0.1, -0.05) is 38.1 Å². The molecule has 0 aliphatic carbocycles. The van der Waals surface area contributed by atoms with Gasteiger partial charge in [0.05, 0.1) is 18.0 Å². The number of halogens is 3. The van der Waals surface area contributed by atoms with Crippen LogP contribution in [0.2, 0.25) is 0 Å². The fourth-order valence-corrected chi connectivity index (χ4v) is 3.62. The first-order valence-corrected chi connectivity index (χ1v) is 10.2. The molecule has 0 saturated carbocycles. The number of carbonyl (C=O) groups is 1. The van der Waals surface area contributed by atoms with Gasteiger partial charge < -0.3 is 10.1 Å². The van der Waals surface area contributed by atoms with Crippen molar-refractivity contribution in [3.63, 3.8) is 0 Å². The number of ether oxygens (including phenoxy) is 1. The summed E-state index contributed by atoms with van der Waals surface area (Å²) in [6, 6.07) is 8.16. The number of rotatable bonds is 5. The van der Waals surface area contributed by atoms with E-state index in [2.05, 4.69) is 15.4 Å². The van der Waals surface area contributed by atoms with Gasteiger partial charge in [0.2, 0.25) is 0 Å². The zero-order valence-corrected chi connectivity index (χ0v) is 17.2. The van der Waals surface area contributed by atoms with Crippen molar-refractivity contribution in [1.29, 1.82) is 0 Å². The molecule has 1 N–H and O–H groups in total. The SMILES string of the molecule is CC(C)c1ccc(-c2cc(C(F)(F)F)n3ncc(C(=O)NCC4CCCO4)c3n2)cc1. The van der Waals surface area contributed by atoms with Gasteiger partial charge in [0, 0.05) is 18.7 Å². The smallest absolute Gasteiger partial charge is 0.376 e. The van der Waals surface area contributed by atoms with Gasteiger partial charge in [-0.3, -0.25) is 4.79 Å². The highest BCUT2D eigenvalue weighted by molar-refractivity contribution is 5.99. The minimum absolute atomic E-state index is 0.0100. The van der Waals surface area contributed by atoms with Crippen LogP contribution in [-0.2, 0) is 10.9 Å². The van der Waals surface area contributed by atoms with Gasteiger partial charge in [0.1, 0.15) is 5.56 Å². The van der Waals surface area contributed by atoms with Crippen molar-refractivity contribution in [2.45, 2.75) is 44.9 Å². The number of fused-ring (bicyclic) bond motifs is 1. The van der Waals surface area contributed by atoms with Gasteiger partial charge in [-0.25, -0.2) is 9.50 Å². The Morgan fingerprint density at radius 3 is 2.65 bits per heavy atom. The Labute approximate surface area is 177 Å². The fraction of sp³-hybridized carbons (Fsp3) is 0.409. The Kier molecular flexibility index (Phi) is 5.70. The van der Waals surface area contributed by atoms with Crippen molar-refractivity contribution >= 4 is 11.6 Å². The van der Waals surface area contributed by atoms with Crippen LogP contribution in [-0.4, -0.2) is 39.8 Å². The number of alkyl halides is 3. The van der Waals surface area contributed by atoms with E-state index in [4.69, 9.17) is 4.74 Å². The molecule has 3 heterocycles. The van der Waals surface area contributed by atoms with E-state index in [1.807, 2.05) is 26.0 Å². The first-order valence-electron chi connectivity index (χ1n) is 10.2. The summed E-state index contributed by atoms with van der Waals surface area (Å²) in [4.78, 5) is 17.0. The summed E-state index contributed by atoms with van der Waals surface area (Å²) in [5.74, 6) is -0.234. The minimum atomic E-state index is -4.66. The maximum Gasteiger partial charge on any atom is 0.433 e. The molecule has 2 aromatic heterocycles. The molecule has 3 aromatic rings. The molecule has 1 unspecified atom stereocenters. The van der Waals surface area contributed by atoms with Crippen LogP contribution in [0.3, 0.4) is 0 Å². The van der Waals surface area contributed by atoms with Crippen LogP contribution in [0, 0.1) is 0 Å². The van der Waals surface area contributed by atoms with E-state index >= 15 is 0 Å². The lowest BCUT2D eigenvalue weighted by Gasteiger charge is -2.13. The molecular formula is C22H23F3N4O2. The third-order valence-electron chi connectivity index (χ3n) is 5.39. The Bertz CT molecular complexity index is 1080. The van der Waals surface area contributed by atoms with Crippen LogP contribution >= 0.6 is 0 Å². The number of hydrogen-bond donors (Lipinski definition) is 1. The van der Waals surface area contributed by atoms with E-state index in [-0.39, 0.29) is 23.0 Å². The monoisotopic (exact) mass is 432 g/mol. The zero-order valence-electron chi connectivity index (χ0n) is 17.2. The summed E-state index contributed by atoms with van der Waals surface area (Å²) < 4.78 is 47.4. The third kappa shape index (κ3) is 4.41. The molecule has 1 fully saturated rings. The topological polar surface area (TPSA) is 68.5 Å². The van der Waals surface area contributed by atoms with Crippen LogP contribution in [0.25, 0.3) is 16.9 Å². The summed E-state index contributed by atoms with van der Waals surface area (Å²) in [5, 5.41) is 6.52. The average molecular weight is 432 g/mol. The molecule has 0 spiro atoms. The maximum atomic E-state index is 13.7. The highest BCUT2D eigenvalue weighted by atomic mass is 19.4. The van der Waals surface area contributed by atoms with Crippen LogP contribution < -0.4 is 5.32 Å². The van der Waals surface area contributed by atoms with Gasteiger partial charge in [-0.15, -0.1) is 0 Å². The third-order valence-corrected chi connectivity index (χ3v) is 5.39. The van der Waals surface area contributed by atoms with Crippen LogP contribution in [0.5, 0.6) is 0 Å². The predicted molar refractivity (Wildman–Crippen MR) is 109 cm³/mol. The highest BCUT2D eigenvalue weighted by Crippen LogP contribution is 2.33. The molecule has 1 aromatic carbocycles. The summed E-state index contributed by atoms with van der Waals surface area (Å²) >= 11 is 0. The molecule has 1 aliphatic rings. The molecule has 1 aliphatic heterocycles. The van der Waals surface area contributed by atoms with Gasteiger partial charge in [-0.05, 0) is 30.4 Å². The molecule has 6 nitrogen and oxygen atoms in total. The van der Waals surface area contributed by atoms with Gasteiger partial charge in [0.25, 0.3) is 5.91 Å². The molecule has 1 saturated heterocycles. The fourth-order valence-electron chi connectivity index (χ4n) is 3.62. The van der Waals surface area contributed by atoms with Gasteiger partial charge >= 0.3 is 6.18 Å². The van der Waals surface area contributed by atoms with Crippen molar-refractivity contribution < 1.29 is 22.7 Å². The second-order valence-corrected chi connectivity index (χ2v) is 7.94. The lowest BCUT2D eigenvalue weighted by molar-refractivity contribution is -0.142. The number of nitrogens with zero attached hydrogens (tertiary/aromatic N) is 3. The maximum absolute atomic E-state index is 13.7. The minimum Gasteiger partial charge on any atom is -0.376 e. The number of amides is 1. The molecule has 0 bridgehead atoms. The summed E-state index contributed by atoms with van der Waals surface area (Å²) in [6.07, 6.45) is -1.87. The Morgan fingerprint density at radius 2 is 2.03 bits per heavy atom. The molecule has 9 heteroatoms. The first-order chi connectivity index (χ1) is 14.7. The van der Waals surface area contributed by atoms with Crippen molar-refractivity contribution in [3.8, 4) is 11.3 Å². The lowest BCUT2D eigenvalue weighted by Crippen LogP contribution is -2.31. The summed E-state index contributed by atoms with van der Waals surface area (Å²) in [5.41, 5.74) is 0.595. The molecule has 164 valence electrons. The van der Waals surface area contributed by atoms with Crippen molar-refractivity contribution in [2.24, 2.45) is 0 Å². The normalized spacial score (nSPS) is 16.9. The van der Waals surface area contributed by atoms with Crippen LogP contribution in [0.4, 0.5) is 13.2 Å². The van der Waals surface area contributed by atoms with Crippen molar-refractivity contribution in [1.82, 2.24) is 19.9 Å². The predicted octanol–water partition coefficient (Wildman–Crippen LogP) is 4.45. The second kappa shape index (κ2) is 8.30. The lowest BCUT2D eigenvalue weighted by atomic mass is 10.0. The van der Waals surface area contributed by atoms with E-state index in [1.54, 1.807) is 12.1 Å². The van der Waals surface area contributed by atoms with Crippen LogP contribution in [0.1, 0.15) is 54.2 Å². The van der Waals surface area contributed by atoms with Gasteiger partial charge in [0.15, 0.2) is 11.3 Å². The van der Waals surface area contributed by atoms with E-state index in [0.717, 1.165) is 30.7 Å². The number of nitrogens with one attached hydrogen (secondary N) is 1. The molecule has 4 rings (SSSR count). The summed E-state index contributed by atoms with van der Waals surface area (Å²) in [7, 11) is 0. The van der Waals surface area contributed by atoms with E-state index in [0.29, 0.717) is 29.1 Å². The largest absolute Gasteiger partial charge is 0.433 e. The van der Waals surface area contributed by atoms with Gasteiger partial charge in [-0.2, -0.15) is 18.3 Å². The Hall–Kier alpha value is -2.94. The van der Waals surface area contributed by atoms with E-state index in [9.17, 15) is 18.0 Å². The van der Waals surface area contributed by atoms with E-state index < -0.39 is 17.8 Å². The molecule has 1 atom stereocenters.